The zero-order valence-corrected chi connectivity index (χ0v) is 16.2. The number of thioether (sulfide) groups is 1. The lowest BCUT2D eigenvalue weighted by molar-refractivity contribution is -0.113. The largest absolute Gasteiger partial charge is 0.497 e. The Morgan fingerprint density at radius 2 is 1.63 bits per heavy atom. The van der Waals surface area contributed by atoms with Gasteiger partial charge < -0.3 is 15.4 Å². The van der Waals surface area contributed by atoms with Gasteiger partial charge in [0.2, 0.25) is 5.91 Å². The van der Waals surface area contributed by atoms with E-state index in [-0.39, 0.29) is 11.8 Å². The van der Waals surface area contributed by atoms with Crippen molar-refractivity contribution < 1.29 is 14.3 Å². The molecule has 2 aromatic carbocycles. The minimum Gasteiger partial charge on any atom is -0.497 e. The fraction of sp³-hybridized carbons (Fsp3) is 0.100. The van der Waals surface area contributed by atoms with Gasteiger partial charge in [-0.05, 0) is 60.0 Å². The molecule has 0 aliphatic heterocycles. The highest BCUT2D eigenvalue weighted by atomic mass is 32.2. The van der Waals surface area contributed by atoms with Crippen LogP contribution in [-0.2, 0) is 4.79 Å². The minimum absolute atomic E-state index is 0.0831. The fourth-order valence-corrected chi connectivity index (χ4v) is 3.57. The van der Waals surface area contributed by atoms with E-state index in [1.54, 1.807) is 37.4 Å². The summed E-state index contributed by atoms with van der Waals surface area (Å²) < 4.78 is 5.09. The van der Waals surface area contributed by atoms with Crippen LogP contribution in [-0.4, -0.2) is 24.7 Å². The number of benzene rings is 2. The number of hydrogen-bond acceptors (Lipinski definition) is 5. The van der Waals surface area contributed by atoms with Crippen LogP contribution in [0.15, 0.2) is 70.9 Å². The average Bonchev–Trinajstić information content (AvgIpc) is 3.23. The molecule has 3 rings (SSSR count). The Bertz CT molecular complexity index is 892. The monoisotopic (exact) mass is 398 g/mol. The van der Waals surface area contributed by atoms with Gasteiger partial charge in [0, 0.05) is 16.3 Å². The lowest BCUT2D eigenvalue weighted by Gasteiger charge is -2.07. The van der Waals surface area contributed by atoms with E-state index < -0.39 is 0 Å². The maximum absolute atomic E-state index is 12.1. The molecule has 3 aromatic rings. The van der Waals surface area contributed by atoms with E-state index in [0.717, 1.165) is 22.0 Å². The van der Waals surface area contributed by atoms with E-state index in [4.69, 9.17) is 4.74 Å². The van der Waals surface area contributed by atoms with Crippen LogP contribution >= 0.6 is 23.1 Å². The van der Waals surface area contributed by atoms with Crippen LogP contribution in [0.5, 0.6) is 5.75 Å². The molecule has 0 aliphatic carbocycles. The number of rotatable bonds is 7. The Labute approximate surface area is 165 Å². The first-order chi connectivity index (χ1) is 13.1. The summed E-state index contributed by atoms with van der Waals surface area (Å²) in [4.78, 5) is 25.7. The van der Waals surface area contributed by atoms with Crippen molar-refractivity contribution in [1.29, 1.82) is 0 Å². The van der Waals surface area contributed by atoms with Crippen molar-refractivity contribution in [2.45, 2.75) is 4.90 Å². The lowest BCUT2D eigenvalue weighted by atomic mass is 10.3. The predicted molar refractivity (Wildman–Crippen MR) is 111 cm³/mol. The molecule has 0 saturated carbocycles. The summed E-state index contributed by atoms with van der Waals surface area (Å²) in [5, 5.41) is 7.56. The molecule has 27 heavy (non-hydrogen) atoms. The second kappa shape index (κ2) is 9.25. The predicted octanol–water partition coefficient (Wildman–Crippen LogP) is 4.74. The lowest BCUT2D eigenvalue weighted by Crippen LogP contribution is -2.13. The molecule has 1 heterocycles. The van der Waals surface area contributed by atoms with E-state index in [1.807, 2.05) is 35.7 Å². The molecule has 2 amide bonds. The first-order valence-corrected chi connectivity index (χ1v) is 10.0. The van der Waals surface area contributed by atoms with Gasteiger partial charge in [0.25, 0.3) is 5.91 Å². The summed E-state index contributed by atoms with van der Waals surface area (Å²) in [6.07, 6.45) is 0. The molecule has 1 aromatic heterocycles. The molecule has 0 spiro atoms. The molecular weight excluding hydrogens is 380 g/mol. The van der Waals surface area contributed by atoms with Crippen LogP contribution in [0.2, 0.25) is 0 Å². The van der Waals surface area contributed by atoms with Gasteiger partial charge in [0.05, 0.1) is 17.7 Å². The van der Waals surface area contributed by atoms with E-state index in [1.165, 1.54) is 23.1 Å². The molecule has 138 valence electrons. The molecule has 0 saturated heterocycles. The molecule has 0 bridgehead atoms. The van der Waals surface area contributed by atoms with Crippen LogP contribution in [0.25, 0.3) is 0 Å². The van der Waals surface area contributed by atoms with E-state index >= 15 is 0 Å². The zero-order valence-electron chi connectivity index (χ0n) is 14.6. The maximum Gasteiger partial charge on any atom is 0.265 e. The Kier molecular flexibility index (Phi) is 6.51. The smallest absolute Gasteiger partial charge is 0.265 e. The third-order valence-corrected chi connectivity index (χ3v) is 5.48. The Morgan fingerprint density at radius 1 is 0.963 bits per heavy atom. The number of thiophene rings is 1. The van der Waals surface area contributed by atoms with E-state index in [2.05, 4.69) is 10.6 Å². The molecule has 0 fully saturated rings. The summed E-state index contributed by atoms with van der Waals surface area (Å²) in [5.74, 6) is 0.838. The highest BCUT2D eigenvalue weighted by Crippen LogP contribution is 2.22. The number of anilines is 2. The first kappa shape index (κ1) is 19.0. The molecule has 0 radical (unpaired) electrons. The number of nitrogens with one attached hydrogen (secondary N) is 2. The van der Waals surface area contributed by atoms with Gasteiger partial charge in [-0.25, -0.2) is 0 Å². The topological polar surface area (TPSA) is 67.4 Å². The van der Waals surface area contributed by atoms with Crippen molar-refractivity contribution in [3.05, 3.63) is 70.9 Å². The van der Waals surface area contributed by atoms with Crippen molar-refractivity contribution in [3.63, 3.8) is 0 Å². The highest BCUT2D eigenvalue weighted by molar-refractivity contribution is 8.00. The Morgan fingerprint density at radius 3 is 2.26 bits per heavy atom. The van der Waals surface area contributed by atoms with Gasteiger partial charge in [0.1, 0.15) is 5.75 Å². The third-order valence-electron chi connectivity index (χ3n) is 3.60. The molecule has 0 aliphatic rings. The fourth-order valence-electron chi connectivity index (χ4n) is 2.26. The van der Waals surface area contributed by atoms with Gasteiger partial charge in [-0.1, -0.05) is 6.07 Å². The molecular formula is C20H18N2O3S2. The quantitative estimate of drug-likeness (QED) is 0.564. The number of methoxy groups -OCH3 is 1. The minimum atomic E-state index is -0.121. The van der Waals surface area contributed by atoms with Crippen molar-refractivity contribution >= 4 is 46.3 Å². The van der Waals surface area contributed by atoms with Crippen molar-refractivity contribution in [1.82, 2.24) is 0 Å². The van der Waals surface area contributed by atoms with Gasteiger partial charge in [-0.3, -0.25) is 9.59 Å². The SMILES string of the molecule is COc1ccc(NC(=O)CSc2ccc(NC(=O)c3cccs3)cc2)cc1. The van der Waals surface area contributed by atoms with Crippen LogP contribution < -0.4 is 15.4 Å². The van der Waals surface area contributed by atoms with Gasteiger partial charge >= 0.3 is 0 Å². The molecule has 0 unspecified atom stereocenters. The van der Waals surface area contributed by atoms with Crippen LogP contribution in [0.1, 0.15) is 9.67 Å². The molecule has 2 N–H and O–H groups in total. The summed E-state index contributed by atoms with van der Waals surface area (Å²) in [5.41, 5.74) is 1.45. The van der Waals surface area contributed by atoms with Crippen LogP contribution in [0.3, 0.4) is 0 Å². The third kappa shape index (κ3) is 5.60. The summed E-state index contributed by atoms with van der Waals surface area (Å²) in [6.45, 7) is 0. The molecule has 7 heteroatoms. The number of carbonyl (C=O) groups excluding carboxylic acids is 2. The van der Waals surface area contributed by atoms with Gasteiger partial charge in [-0.2, -0.15) is 0 Å². The standard InChI is InChI=1S/C20H18N2O3S2/c1-25-16-8-4-14(5-9-16)21-19(23)13-27-17-10-6-15(7-11-17)22-20(24)18-3-2-12-26-18/h2-12H,13H2,1H3,(H,21,23)(H,22,24). The summed E-state index contributed by atoms with van der Waals surface area (Å²) >= 11 is 2.83. The normalized spacial score (nSPS) is 10.3. The Balaban J connectivity index is 1.47. The molecule has 0 atom stereocenters. The zero-order chi connectivity index (χ0) is 19.1. The maximum atomic E-state index is 12.1. The Hall–Kier alpha value is -2.77. The van der Waals surface area contributed by atoms with Crippen molar-refractivity contribution in [2.24, 2.45) is 0 Å². The average molecular weight is 399 g/mol. The van der Waals surface area contributed by atoms with Crippen molar-refractivity contribution in [3.8, 4) is 5.75 Å². The van der Waals surface area contributed by atoms with E-state index in [0.29, 0.717) is 10.6 Å². The number of carbonyl (C=O) groups is 2. The second-order valence-corrected chi connectivity index (χ2v) is 7.52. The van der Waals surface area contributed by atoms with Gasteiger partial charge in [-0.15, -0.1) is 23.1 Å². The number of amides is 2. The summed E-state index contributed by atoms with van der Waals surface area (Å²) in [7, 11) is 1.60. The molecule has 5 nitrogen and oxygen atoms in total. The van der Waals surface area contributed by atoms with Crippen LogP contribution in [0.4, 0.5) is 11.4 Å². The van der Waals surface area contributed by atoms with Crippen molar-refractivity contribution in [2.75, 3.05) is 23.5 Å². The second-order valence-electron chi connectivity index (χ2n) is 5.52. The first-order valence-electron chi connectivity index (χ1n) is 8.15. The van der Waals surface area contributed by atoms with Crippen LogP contribution in [0, 0.1) is 0 Å². The number of hydrogen-bond donors (Lipinski definition) is 2. The summed E-state index contributed by atoms with van der Waals surface area (Å²) in [6, 6.07) is 18.2. The van der Waals surface area contributed by atoms with Gasteiger partial charge in [0.15, 0.2) is 0 Å². The number of ether oxygens (including phenoxy) is 1. The highest BCUT2D eigenvalue weighted by Gasteiger charge is 2.07. The van der Waals surface area contributed by atoms with E-state index in [9.17, 15) is 9.59 Å².